The fourth-order valence-corrected chi connectivity index (χ4v) is 4.31. The van der Waals surface area contributed by atoms with E-state index >= 15 is 0 Å². The number of hydrogen-bond acceptors (Lipinski definition) is 5. The number of rotatable bonds is 4. The Morgan fingerprint density at radius 3 is 2.35 bits per heavy atom. The molecule has 1 aliphatic rings. The van der Waals surface area contributed by atoms with E-state index in [2.05, 4.69) is 9.88 Å². The van der Waals surface area contributed by atoms with Gasteiger partial charge in [0.1, 0.15) is 10.6 Å². The molecule has 0 N–H and O–H groups in total. The second-order valence-corrected chi connectivity index (χ2v) is 9.68. The largest absolute Gasteiger partial charge is 0.444 e. The molecule has 9 heteroatoms. The zero-order valence-electron chi connectivity index (χ0n) is 18.2. The van der Waals surface area contributed by atoms with Crippen LogP contribution in [0.1, 0.15) is 44.9 Å². The van der Waals surface area contributed by atoms with Crippen LogP contribution >= 0.6 is 11.3 Å². The number of piperidine rings is 1. The fraction of sp³-hybridized carbons (Fsp3) is 0.545. The molecule has 0 spiro atoms. The third-order valence-corrected chi connectivity index (χ3v) is 6.12. The number of alkyl halides is 3. The molecule has 31 heavy (non-hydrogen) atoms. The number of halogens is 3. The van der Waals surface area contributed by atoms with Crippen LogP contribution in [-0.4, -0.2) is 52.7 Å². The lowest BCUT2D eigenvalue weighted by atomic mass is 10.0. The monoisotopic (exact) mass is 455 g/mol. The molecule has 1 aliphatic heterocycles. The van der Waals surface area contributed by atoms with Crippen molar-refractivity contribution in [3.05, 3.63) is 40.9 Å². The number of carbonyl (C=O) groups is 1. The molecule has 5 nitrogen and oxygen atoms in total. The molecule has 0 bridgehead atoms. The second kappa shape index (κ2) is 9.16. The zero-order valence-corrected chi connectivity index (χ0v) is 19.0. The van der Waals surface area contributed by atoms with Crippen molar-refractivity contribution in [2.45, 2.75) is 58.0 Å². The highest BCUT2D eigenvalue weighted by Gasteiger charge is 2.30. The van der Waals surface area contributed by atoms with Crippen LogP contribution in [0.4, 0.5) is 18.0 Å². The third-order valence-electron chi connectivity index (χ3n) is 5.18. The van der Waals surface area contributed by atoms with E-state index in [9.17, 15) is 18.0 Å². The molecular formula is C22H28F3N3O2S. The molecule has 0 unspecified atom stereocenters. The first-order chi connectivity index (χ1) is 14.4. The molecule has 0 atom stereocenters. The summed E-state index contributed by atoms with van der Waals surface area (Å²) in [5.74, 6) is 0. The Kier molecular flexibility index (Phi) is 6.95. The van der Waals surface area contributed by atoms with Crippen LogP contribution in [0.5, 0.6) is 0 Å². The highest BCUT2D eigenvalue weighted by Crippen LogP contribution is 2.32. The first kappa shape index (κ1) is 23.5. The van der Waals surface area contributed by atoms with Gasteiger partial charge in [-0.05, 0) is 45.7 Å². The van der Waals surface area contributed by atoms with E-state index in [-0.39, 0.29) is 12.1 Å². The molecule has 1 amide bonds. The number of aromatic nitrogens is 1. The normalized spacial score (nSPS) is 16.4. The van der Waals surface area contributed by atoms with Gasteiger partial charge >= 0.3 is 12.3 Å². The average Bonchev–Trinajstić information content (AvgIpc) is 3.14. The SMILES string of the molecule is CN(C(=O)OC(C)(C)C)C1CCN(Cc2csc(-c3ccc(C(F)(F)F)cc3)n2)CC1. The number of ether oxygens (including phenoxy) is 1. The van der Waals surface area contributed by atoms with E-state index in [1.165, 1.54) is 23.5 Å². The van der Waals surface area contributed by atoms with Gasteiger partial charge in [0.15, 0.2) is 0 Å². The topological polar surface area (TPSA) is 45.7 Å². The van der Waals surface area contributed by atoms with E-state index in [1.807, 2.05) is 26.2 Å². The summed E-state index contributed by atoms with van der Waals surface area (Å²) in [6, 6.07) is 5.24. The van der Waals surface area contributed by atoms with Gasteiger partial charge in [0.2, 0.25) is 0 Å². The van der Waals surface area contributed by atoms with Crippen molar-refractivity contribution in [3.63, 3.8) is 0 Å². The predicted octanol–water partition coefficient (Wildman–Crippen LogP) is 5.66. The van der Waals surface area contributed by atoms with Gasteiger partial charge in [-0.3, -0.25) is 4.90 Å². The summed E-state index contributed by atoms with van der Waals surface area (Å²) in [5, 5.41) is 2.66. The maximum atomic E-state index is 12.7. The minimum Gasteiger partial charge on any atom is -0.444 e. The summed E-state index contributed by atoms with van der Waals surface area (Å²) < 4.78 is 43.6. The predicted molar refractivity (Wildman–Crippen MR) is 115 cm³/mol. The smallest absolute Gasteiger partial charge is 0.416 e. The van der Waals surface area contributed by atoms with Crippen LogP contribution in [0.25, 0.3) is 10.6 Å². The number of nitrogens with zero attached hydrogens (tertiary/aromatic N) is 3. The Labute approximate surface area is 184 Å². The summed E-state index contributed by atoms with van der Waals surface area (Å²) in [6.07, 6.45) is -2.93. The van der Waals surface area contributed by atoms with E-state index in [0.717, 1.165) is 43.8 Å². The minimum atomic E-state index is -4.34. The maximum absolute atomic E-state index is 12.7. The Hall–Kier alpha value is -2.13. The van der Waals surface area contributed by atoms with Gasteiger partial charge in [-0.25, -0.2) is 9.78 Å². The average molecular weight is 456 g/mol. The van der Waals surface area contributed by atoms with Crippen molar-refractivity contribution in [2.24, 2.45) is 0 Å². The quantitative estimate of drug-likeness (QED) is 0.597. The van der Waals surface area contributed by atoms with Gasteiger partial charge in [0.05, 0.1) is 11.3 Å². The van der Waals surface area contributed by atoms with E-state index in [4.69, 9.17) is 4.74 Å². The number of amides is 1. The van der Waals surface area contributed by atoms with E-state index in [0.29, 0.717) is 17.1 Å². The van der Waals surface area contributed by atoms with Crippen LogP contribution < -0.4 is 0 Å². The van der Waals surface area contributed by atoms with Crippen molar-refractivity contribution in [2.75, 3.05) is 20.1 Å². The molecule has 0 saturated carbocycles. The summed E-state index contributed by atoms with van der Waals surface area (Å²) in [7, 11) is 1.78. The highest BCUT2D eigenvalue weighted by atomic mass is 32.1. The molecule has 0 aliphatic carbocycles. The summed E-state index contributed by atoms with van der Waals surface area (Å²) >= 11 is 1.43. The van der Waals surface area contributed by atoms with Crippen molar-refractivity contribution in [1.29, 1.82) is 0 Å². The van der Waals surface area contributed by atoms with Gasteiger partial charge in [-0.15, -0.1) is 11.3 Å². The van der Waals surface area contributed by atoms with Crippen LogP contribution in [0.2, 0.25) is 0 Å². The lowest BCUT2D eigenvalue weighted by molar-refractivity contribution is -0.137. The number of carbonyl (C=O) groups excluding carboxylic acids is 1. The molecule has 1 aromatic carbocycles. The van der Waals surface area contributed by atoms with Crippen LogP contribution in [0.15, 0.2) is 29.6 Å². The molecule has 1 saturated heterocycles. The summed E-state index contributed by atoms with van der Waals surface area (Å²) in [5.41, 5.74) is 0.412. The van der Waals surface area contributed by atoms with E-state index < -0.39 is 17.3 Å². The van der Waals surface area contributed by atoms with Crippen molar-refractivity contribution >= 4 is 17.4 Å². The fourth-order valence-electron chi connectivity index (χ4n) is 3.49. The summed E-state index contributed by atoms with van der Waals surface area (Å²) in [6.45, 7) is 7.92. The molecule has 0 radical (unpaired) electrons. The number of hydrogen-bond donors (Lipinski definition) is 0. The summed E-state index contributed by atoms with van der Waals surface area (Å²) in [4.78, 5) is 20.8. The molecule has 1 fully saturated rings. The first-order valence-electron chi connectivity index (χ1n) is 10.2. The number of benzene rings is 1. The number of likely N-dealkylation sites (tertiary alicyclic amines) is 1. The van der Waals surface area contributed by atoms with Crippen molar-refractivity contribution in [3.8, 4) is 10.6 Å². The van der Waals surface area contributed by atoms with Crippen molar-refractivity contribution < 1.29 is 22.7 Å². The molecule has 2 heterocycles. The molecule has 2 aromatic rings. The second-order valence-electron chi connectivity index (χ2n) is 8.82. The Morgan fingerprint density at radius 1 is 1.19 bits per heavy atom. The van der Waals surface area contributed by atoms with Crippen LogP contribution in [0.3, 0.4) is 0 Å². The first-order valence-corrected chi connectivity index (χ1v) is 11.1. The van der Waals surface area contributed by atoms with E-state index in [1.54, 1.807) is 11.9 Å². The van der Waals surface area contributed by atoms with Gasteiger partial charge in [-0.1, -0.05) is 12.1 Å². The maximum Gasteiger partial charge on any atom is 0.416 e. The van der Waals surface area contributed by atoms with Crippen LogP contribution in [-0.2, 0) is 17.5 Å². The lowest BCUT2D eigenvalue weighted by Crippen LogP contribution is -2.46. The minimum absolute atomic E-state index is 0.143. The molecule has 170 valence electrons. The third kappa shape index (κ3) is 6.43. The highest BCUT2D eigenvalue weighted by molar-refractivity contribution is 7.13. The van der Waals surface area contributed by atoms with Gasteiger partial charge in [0.25, 0.3) is 0 Å². The zero-order chi connectivity index (χ0) is 22.8. The molecule has 1 aromatic heterocycles. The molecule has 3 rings (SSSR count). The number of thiazole rings is 1. The van der Waals surface area contributed by atoms with Gasteiger partial charge in [-0.2, -0.15) is 13.2 Å². The molecular weight excluding hydrogens is 427 g/mol. The van der Waals surface area contributed by atoms with Crippen molar-refractivity contribution in [1.82, 2.24) is 14.8 Å². The standard InChI is InChI=1S/C22H28F3N3O2S/c1-21(2,3)30-20(29)27(4)18-9-11-28(12-10-18)13-17-14-31-19(26-17)15-5-7-16(8-6-15)22(23,24)25/h5-8,14,18H,9-13H2,1-4H3. The van der Waals surface area contributed by atoms with Crippen LogP contribution in [0, 0.1) is 0 Å². The Balaban J connectivity index is 1.53. The van der Waals surface area contributed by atoms with Gasteiger partial charge < -0.3 is 9.64 Å². The lowest BCUT2D eigenvalue weighted by Gasteiger charge is -2.37. The van der Waals surface area contributed by atoms with Gasteiger partial charge in [0, 0.05) is 43.7 Å². The Bertz CT molecular complexity index is 883. The Morgan fingerprint density at radius 2 is 1.81 bits per heavy atom.